The van der Waals surface area contributed by atoms with E-state index in [4.69, 9.17) is 17.0 Å². The molecular formula is C13H16N2OS. The second-order valence-electron chi connectivity index (χ2n) is 4.64. The van der Waals surface area contributed by atoms with Gasteiger partial charge in [-0.15, -0.1) is 0 Å². The standard InChI is InChI=1S/C13H16N2OS/c1-9-4-2-6-11-12(9)14-13(17)15(11)8-10-5-3-7-16-10/h2,4,6,10H,3,5,7-8H2,1H3,(H,14,17). The predicted molar refractivity (Wildman–Crippen MR) is 70.8 cm³/mol. The minimum absolute atomic E-state index is 0.321. The number of aryl methyl sites for hydroxylation is 1. The largest absolute Gasteiger partial charge is 0.376 e. The number of nitrogens with zero attached hydrogens (tertiary/aromatic N) is 1. The molecular weight excluding hydrogens is 232 g/mol. The van der Waals surface area contributed by atoms with Gasteiger partial charge >= 0.3 is 0 Å². The lowest BCUT2D eigenvalue weighted by Crippen LogP contribution is -2.14. The van der Waals surface area contributed by atoms with Gasteiger partial charge in [-0.2, -0.15) is 0 Å². The van der Waals surface area contributed by atoms with Gasteiger partial charge in [-0.25, -0.2) is 0 Å². The zero-order valence-corrected chi connectivity index (χ0v) is 10.7. The average molecular weight is 248 g/mol. The highest BCUT2D eigenvalue weighted by Crippen LogP contribution is 2.21. The molecule has 3 nitrogen and oxygen atoms in total. The summed E-state index contributed by atoms with van der Waals surface area (Å²) in [6.45, 7) is 3.85. The SMILES string of the molecule is Cc1cccc2c1[nH]c(=S)n2CC1CCCO1. The monoisotopic (exact) mass is 248 g/mol. The zero-order chi connectivity index (χ0) is 11.8. The lowest BCUT2D eigenvalue weighted by molar-refractivity contribution is 0.0976. The van der Waals surface area contributed by atoms with Crippen LogP contribution in [0.15, 0.2) is 18.2 Å². The van der Waals surface area contributed by atoms with Crippen LogP contribution in [0.25, 0.3) is 11.0 Å². The number of hydrogen-bond donors (Lipinski definition) is 1. The van der Waals surface area contributed by atoms with E-state index >= 15 is 0 Å². The van der Waals surface area contributed by atoms with Gasteiger partial charge in [-0.1, -0.05) is 12.1 Å². The summed E-state index contributed by atoms with van der Waals surface area (Å²) >= 11 is 5.40. The van der Waals surface area contributed by atoms with Gasteiger partial charge in [0, 0.05) is 6.61 Å². The second-order valence-corrected chi connectivity index (χ2v) is 5.03. The van der Waals surface area contributed by atoms with Crippen LogP contribution in [0.5, 0.6) is 0 Å². The highest BCUT2D eigenvalue weighted by molar-refractivity contribution is 7.71. The van der Waals surface area contributed by atoms with Crippen molar-refractivity contribution >= 4 is 23.3 Å². The summed E-state index contributed by atoms with van der Waals surface area (Å²) in [5.74, 6) is 0. The van der Waals surface area contributed by atoms with Crippen LogP contribution in [0.3, 0.4) is 0 Å². The lowest BCUT2D eigenvalue weighted by atomic mass is 10.2. The summed E-state index contributed by atoms with van der Waals surface area (Å²) in [4.78, 5) is 3.29. The number of aromatic nitrogens is 2. The summed E-state index contributed by atoms with van der Waals surface area (Å²) in [6.07, 6.45) is 2.63. The van der Waals surface area contributed by atoms with Crippen molar-refractivity contribution in [1.29, 1.82) is 0 Å². The third-order valence-electron chi connectivity index (χ3n) is 3.43. The van der Waals surface area contributed by atoms with Crippen LogP contribution < -0.4 is 0 Å². The van der Waals surface area contributed by atoms with Crippen molar-refractivity contribution in [1.82, 2.24) is 9.55 Å². The molecule has 90 valence electrons. The molecule has 2 aromatic rings. The van der Waals surface area contributed by atoms with Gasteiger partial charge in [-0.05, 0) is 43.6 Å². The summed E-state index contributed by atoms with van der Waals surface area (Å²) in [5, 5.41) is 0. The molecule has 1 atom stereocenters. The van der Waals surface area contributed by atoms with E-state index in [0.29, 0.717) is 6.10 Å². The number of aromatic amines is 1. The Balaban J connectivity index is 2.06. The third-order valence-corrected chi connectivity index (χ3v) is 3.75. The molecule has 1 N–H and O–H groups in total. The van der Waals surface area contributed by atoms with Crippen molar-refractivity contribution in [2.45, 2.75) is 32.4 Å². The minimum atomic E-state index is 0.321. The van der Waals surface area contributed by atoms with Crippen molar-refractivity contribution in [3.05, 3.63) is 28.5 Å². The van der Waals surface area contributed by atoms with Crippen molar-refractivity contribution in [2.24, 2.45) is 0 Å². The number of ether oxygens (including phenoxy) is 1. The van der Waals surface area contributed by atoms with Crippen molar-refractivity contribution < 1.29 is 4.74 Å². The maximum Gasteiger partial charge on any atom is 0.178 e. The number of hydrogen-bond acceptors (Lipinski definition) is 2. The third kappa shape index (κ3) is 1.91. The molecule has 0 bridgehead atoms. The van der Waals surface area contributed by atoms with Crippen molar-refractivity contribution in [2.75, 3.05) is 6.61 Å². The first-order chi connectivity index (χ1) is 8.25. The molecule has 0 aliphatic carbocycles. The highest BCUT2D eigenvalue weighted by Gasteiger charge is 2.17. The van der Waals surface area contributed by atoms with E-state index in [2.05, 4.69) is 34.7 Å². The predicted octanol–water partition coefficient (Wildman–Crippen LogP) is 3.19. The van der Waals surface area contributed by atoms with E-state index in [-0.39, 0.29) is 0 Å². The maximum absolute atomic E-state index is 5.68. The molecule has 4 heteroatoms. The molecule has 0 saturated carbocycles. The topological polar surface area (TPSA) is 29.9 Å². The molecule has 0 spiro atoms. The van der Waals surface area contributed by atoms with Gasteiger partial charge < -0.3 is 14.3 Å². The van der Waals surface area contributed by atoms with Crippen molar-refractivity contribution in [3.63, 3.8) is 0 Å². The fraction of sp³-hybridized carbons (Fsp3) is 0.462. The van der Waals surface area contributed by atoms with Gasteiger partial charge in [0.05, 0.1) is 23.7 Å². The van der Waals surface area contributed by atoms with Crippen LogP contribution in [0.4, 0.5) is 0 Å². The number of imidazole rings is 1. The van der Waals surface area contributed by atoms with E-state index < -0.39 is 0 Å². The number of para-hydroxylation sites is 1. The van der Waals surface area contributed by atoms with E-state index in [1.165, 1.54) is 17.5 Å². The first-order valence-electron chi connectivity index (χ1n) is 6.05. The molecule has 1 aliphatic rings. The summed E-state index contributed by atoms with van der Waals surface area (Å²) in [7, 11) is 0. The molecule has 1 saturated heterocycles. The summed E-state index contributed by atoms with van der Waals surface area (Å²) < 4.78 is 8.64. The molecule has 0 amide bonds. The quantitative estimate of drug-likeness (QED) is 0.827. The maximum atomic E-state index is 5.68. The van der Waals surface area contributed by atoms with Crippen LogP contribution in [0.1, 0.15) is 18.4 Å². The molecule has 1 fully saturated rings. The highest BCUT2D eigenvalue weighted by atomic mass is 32.1. The van der Waals surface area contributed by atoms with Gasteiger partial charge in [0.15, 0.2) is 4.77 Å². The van der Waals surface area contributed by atoms with Crippen LogP contribution >= 0.6 is 12.2 Å². The second kappa shape index (κ2) is 4.27. The normalized spacial score (nSPS) is 20.2. The number of fused-ring (bicyclic) bond motifs is 1. The Hall–Kier alpha value is -1.13. The molecule has 17 heavy (non-hydrogen) atoms. The van der Waals surface area contributed by atoms with Crippen LogP contribution in [0.2, 0.25) is 0 Å². The molecule has 1 aromatic carbocycles. The number of nitrogens with one attached hydrogen (secondary N) is 1. The van der Waals surface area contributed by atoms with Crippen LogP contribution in [-0.4, -0.2) is 22.3 Å². The average Bonchev–Trinajstić information content (AvgIpc) is 2.91. The van der Waals surface area contributed by atoms with Crippen molar-refractivity contribution in [3.8, 4) is 0 Å². The Morgan fingerprint density at radius 1 is 1.53 bits per heavy atom. The Labute approximate surface area is 105 Å². The Kier molecular flexibility index (Phi) is 2.76. The van der Waals surface area contributed by atoms with Gasteiger partial charge in [0.2, 0.25) is 0 Å². The summed E-state index contributed by atoms with van der Waals surface area (Å²) in [5.41, 5.74) is 3.57. The van der Waals surface area contributed by atoms with E-state index in [1.807, 2.05) is 0 Å². The molecule has 0 radical (unpaired) electrons. The molecule has 1 unspecified atom stereocenters. The Morgan fingerprint density at radius 3 is 3.18 bits per heavy atom. The Morgan fingerprint density at radius 2 is 2.41 bits per heavy atom. The zero-order valence-electron chi connectivity index (χ0n) is 9.90. The first kappa shape index (κ1) is 11.0. The van der Waals surface area contributed by atoms with Crippen LogP contribution in [-0.2, 0) is 11.3 Å². The van der Waals surface area contributed by atoms with E-state index in [1.54, 1.807) is 0 Å². The Bertz CT molecular complexity index is 593. The number of H-pyrrole nitrogens is 1. The van der Waals surface area contributed by atoms with E-state index in [0.717, 1.165) is 29.9 Å². The number of rotatable bonds is 2. The van der Waals surface area contributed by atoms with Gasteiger partial charge in [0.25, 0.3) is 0 Å². The number of benzene rings is 1. The van der Waals surface area contributed by atoms with Gasteiger partial charge in [0.1, 0.15) is 0 Å². The van der Waals surface area contributed by atoms with Gasteiger partial charge in [-0.3, -0.25) is 0 Å². The fourth-order valence-electron chi connectivity index (χ4n) is 2.50. The smallest absolute Gasteiger partial charge is 0.178 e. The molecule has 1 aliphatic heterocycles. The molecule has 3 rings (SSSR count). The first-order valence-corrected chi connectivity index (χ1v) is 6.46. The fourth-order valence-corrected chi connectivity index (χ4v) is 2.77. The molecule has 1 aromatic heterocycles. The molecule has 2 heterocycles. The van der Waals surface area contributed by atoms with E-state index in [9.17, 15) is 0 Å². The lowest BCUT2D eigenvalue weighted by Gasteiger charge is -2.11. The van der Waals surface area contributed by atoms with Crippen LogP contribution in [0, 0.1) is 11.7 Å². The minimum Gasteiger partial charge on any atom is -0.376 e. The summed E-state index contributed by atoms with van der Waals surface area (Å²) in [6, 6.07) is 6.29.